The molecule has 3 heteroatoms. The summed E-state index contributed by atoms with van der Waals surface area (Å²) in [4.78, 5) is 7.01. The molecule has 1 aliphatic rings. The van der Waals surface area contributed by atoms with Crippen molar-refractivity contribution in [1.29, 1.82) is 0 Å². The summed E-state index contributed by atoms with van der Waals surface area (Å²) in [5.74, 6) is 1.72. The Balaban J connectivity index is 1.93. The summed E-state index contributed by atoms with van der Waals surface area (Å²) in [6.07, 6.45) is 4.69. The van der Waals surface area contributed by atoms with Crippen molar-refractivity contribution in [2.24, 2.45) is 5.92 Å². The summed E-state index contributed by atoms with van der Waals surface area (Å²) < 4.78 is 0. The Morgan fingerprint density at radius 3 is 2.62 bits per heavy atom. The highest BCUT2D eigenvalue weighted by Crippen LogP contribution is 2.28. The lowest BCUT2D eigenvalue weighted by atomic mass is 10.1. The van der Waals surface area contributed by atoms with Gasteiger partial charge in [0, 0.05) is 37.8 Å². The zero-order valence-corrected chi connectivity index (χ0v) is 13.3. The second-order valence-corrected chi connectivity index (χ2v) is 6.58. The van der Waals surface area contributed by atoms with Crippen molar-refractivity contribution in [3.8, 4) is 0 Å². The molecular formula is C18H25N3. The molecule has 3 rings (SSSR count). The third-order valence-corrected chi connectivity index (χ3v) is 4.02. The van der Waals surface area contributed by atoms with Crippen LogP contribution in [-0.2, 0) is 6.54 Å². The van der Waals surface area contributed by atoms with Crippen LogP contribution in [0.2, 0.25) is 0 Å². The predicted octanol–water partition coefficient (Wildman–Crippen LogP) is 3.58. The number of hydrogen-bond donors (Lipinski definition) is 1. The van der Waals surface area contributed by atoms with Crippen LogP contribution in [0.5, 0.6) is 0 Å². The lowest BCUT2D eigenvalue weighted by molar-refractivity contribution is 0.635. The summed E-state index contributed by atoms with van der Waals surface area (Å²) in [6, 6.07) is 9.36. The van der Waals surface area contributed by atoms with Gasteiger partial charge in [-0.15, -0.1) is 0 Å². The van der Waals surface area contributed by atoms with Gasteiger partial charge in [-0.3, -0.25) is 0 Å². The molecule has 0 bridgehead atoms. The van der Waals surface area contributed by atoms with Crippen molar-refractivity contribution in [3.63, 3.8) is 0 Å². The highest BCUT2D eigenvalue weighted by Gasteiger charge is 2.20. The first-order chi connectivity index (χ1) is 10.1. The van der Waals surface area contributed by atoms with Gasteiger partial charge in [0.2, 0.25) is 0 Å². The zero-order valence-electron chi connectivity index (χ0n) is 13.3. The number of nitrogens with one attached hydrogen (secondary N) is 1. The molecule has 1 fully saturated rings. The van der Waals surface area contributed by atoms with E-state index in [1.807, 2.05) is 6.20 Å². The van der Waals surface area contributed by atoms with Crippen LogP contribution in [0, 0.1) is 5.92 Å². The van der Waals surface area contributed by atoms with E-state index in [1.165, 1.54) is 29.2 Å². The average Bonchev–Trinajstić information content (AvgIpc) is 3.28. The first-order valence-corrected chi connectivity index (χ1v) is 7.96. The number of fused-ring (bicyclic) bond motifs is 1. The monoisotopic (exact) mass is 283 g/mol. The van der Waals surface area contributed by atoms with E-state index < -0.39 is 0 Å². The summed E-state index contributed by atoms with van der Waals surface area (Å²) in [6.45, 7) is 6.43. The van der Waals surface area contributed by atoms with E-state index in [0.29, 0.717) is 5.92 Å². The number of anilines is 1. The molecule has 1 saturated carbocycles. The van der Waals surface area contributed by atoms with Crippen LogP contribution in [0.4, 0.5) is 5.82 Å². The molecular weight excluding hydrogens is 258 g/mol. The molecule has 0 amide bonds. The molecule has 3 nitrogen and oxygen atoms in total. The van der Waals surface area contributed by atoms with Crippen molar-refractivity contribution in [2.75, 3.05) is 18.5 Å². The van der Waals surface area contributed by atoms with Crippen LogP contribution in [0.15, 0.2) is 30.5 Å². The van der Waals surface area contributed by atoms with Crippen molar-refractivity contribution in [3.05, 3.63) is 36.0 Å². The first-order valence-electron chi connectivity index (χ1n) is 7.96. The summed E-state index contributed by atoms with van der Waals surface area (Å²) in [5.41, 5.74) is 1.30. The average molecular weight is 283 g/mol. The number of benzene rings is 1. The van der Waals surface area contributed by atoms with E-state index in [4.69, 9.17) is 4.98 Å². The lowest BCUT2D eigenvalue weighted by Gasteiger charge is -2.22. The number of aromatic nitrogens is 1. The molecule has 2 aromatic rings. The van der Waals surface area contributed by atoms with E-state index in [-0.39, 0.29) is 0 Å². The minimum absolute atomic E-state index is 0.631. The Hall–Kier alpha value is -1.61. The summed E-state index contributed by atoms with van der Waals surface area (Å²) in [7, 11) is 2.14. The van der Waals surface area contributed by atoms with E-state index in [2.05, 4.69) is 55.4 Å². The number of pyridine rings is 1. The Labute approximate surface area is 127 Å². The second kappa shape index (κ2) is 6.02. The van der Waals surface area contributed by atoms with Crippen LogP contribution >= 0.6 is 0 Å². The van der Waals surface area contributed by atoms with Gasteiger partial charge in [0.25, 0.3) is 0 Å². The first kappa shape index (κ1) is 14.3. The van der Waals surface area contributed by atoms with Crippen molar-refractivity contribution in [2.45, 2.75) is 39.3 Å². The number of hydrogen-bond acceptors (Lipinski definition) is 3. The van der Waals surface area contributed by atoms with Crippen molar-refractivity contribution in [1.82, 2.24) is 10.3 Å². The van der Waals surface area contributed by atoms with Crippen molar-refractivity contribution < 1.29 is 0 Å². The molecule has 0 radical (unpaired) electrons. The lowest BCUT2D eigenvalue weighted by Crippen LogP contribution is -2.24. The topological polar surface area (TPSA) is 28.2 Å². The maximum Gasteiger partial charge on any atom is 0.136 e. The molecule has 1 aromatic carbocycles. The second-order valence-electron chi connectivity index (χ2n) is 6.58. The Morgan fingerprint density at radius 2 is 1.95 bits per heavy atom. The normalized spacial score (nSPS) is 14.9. The van der Waals surface area contributed by atoms with Crippen LogP contribution < -0.4 is 10.2 Å². The minimum atomic E-state index is 0.631. The van der Waals surface area contributed by atoms with Crippen LogP contribution in [0.25, 0.3) is 10.8 Å². The van der Waals surface area contributed by atoms with Gasteiger partial charge in [-0.2, -0.15) is 0 Å². The van der Waals surface area contributed by atoms with E-state index >= 15 is 0 Å². The third-order valence-electron chi connectivity index (χ3n) is 4.02. The van der Waals surface area contributed by atoms with Crippen LogP contribution in [0.1, 0.15) is 32.3 Å². The molecule has 0 unspecified atom stereocenters. The third kappa shape index (κ3) is 3.35. The number of rotatable bonds is 6. The minimum Gasteiger partial charge on any atom is -0.359 e. The van der Waals surface area contributed by atoms with Gasteiger partial charge in [0.15, 0.2) is 0 Å². The fraction of sp³-hybridized carbons (Fsp3) is 0.500. The molecule has 112 valence electrons. The predicted molar refractivity (Wildman–Crippen MR) is 89.7 cm³/mol. The Kier molecular flexibility index (Phi) is 4.11. The Morgan fingerprint density at radius 1 is 1.24 bits per heavy atom. The molecule has 1 N–H and O–H groups in total. The molecule has 1 aliphatic carbocycles. The highest BCUT2D eigenvalue weighted by atomic mass is 15.2. The highest BCUT2D eigenvalue weighted by molar-refractivity contribution is 5.94. The standard InChI is InChI=1S/C18H25N3/c1-13(2)12-21(3)18-17-7-5-4-6-16(17)14(11-20-18)10-19-15-8-9-15/h4-7,11,13,15,19H,8-10,12H2,1-3H3. The summed E-state index contributed by atoms with van der Waals surface area (Å²) in [5, 5.41) is 6.18. The maximum absolute atomic E-state index is 4.74. The van der Waals surface area contributed by atoms with Gasteiger partial charge >= 0.3 is 0 Å². The smallest absolute Gasteiger partial charge is 0.136 e. The fourth-order valence-electron chi connectivity index (χ4n) is 2.86. The summed E-state index contributed by atoms with van der Waals surface area (Å²) >= 11 is 0. The molecule has 1 heterocycles. The fourth-order valence-corrected chi connectivity index (χ4v) is 2.86. The Bertz CT molecular complexity index is 617. The van der Waals surface area contributed by atoms with Crippen LogP contribution in [0.3, 0.4) is 0 Å². The molecule has 0 atom stereocenters. The molecule has 1 aromatic heterocycles. The van der Waals surface area contributed by atoms with Gasteiger partial charge in [0.1, 0.15) is 5.82 Å². The maximum atomic E-state index is 4.74. The van der Waals surface area contributed by atoms with Gasteiger partial charge in [-0.05, 0) is 29.7 Å². The largest absolute Gasteiger partial charge is 0.359 e. The van der Waals surface area contributed by atoms with E-state index in [0.717, 1.165) is 24.9 Å². The van der Waals surface area contributed by atoms with Crippen LogP contribution in [-0.4, -0.2) is 24.6 Å². The van der Waals surface area contributed by atoms with Crippen molar-refractivity contribution >= 4 is 16.6 Å². The van der Waals surface area contributed by atoms with Gasteiger partial charge < -0.3 is 10.2 Å². The molecule has 21 heavy (non-hydrogen) atoms. The number of nitrogens with zero attached hydrogens (tertiary/aromatic N) is 2. The zero-order chi connectivity index (χ0) is 14.8. The molecule has 0 aliphatic heterocycles. The quantitative estimate of drug-likeness (QED) is 0.878. The van der Waals surface area contributed by atoms with E-state index in [9.17, 15) is 0 Å². The molecule has 0 spiro atoms. The van der Waals surface area contributed by atoms with Gasteiger partial charge in [0.05, 0.1) is 0 Å². The van der Waals surface area contributed by atoms with Gasteiger partial charge in [-0.25, -0.2) is 4.98 Å². The van der Waals surface area contributed by atoms with Gasteiger partial charge in [-0.1, -0.05) is 38.1 Å². The molecule has 0 saturated heterocycles. The SMILES string of the molecule is CC(C)CN(C)c1ncc(CNC2CC2)c2ccccc12. The van der Waals surface area contributed by atoms with E-state index in [1.54, 1.807) is 0 Å².